The van der Waals surface area contributed by atoms with Crippen molar-refractivity contribution in [2.24, 2.45) is 10.7 Å². The maximum atomic E-state index is 13.5. The van der Waals surface area contributed by atoms with E-state index < -0.39 is 5.54 Å². The molecule has 2 N–H and O–H groups in total. The predicted octanol–water partition coefficient (Wildman–Crippen LogP) is 2.11. The van der Waals surface area contributed by atoms with Crippen LogP contribution in [0.15, 0.2) is 66.2 Å². The average Bonchev–Trinajstić information content (AvgIpc) is 3.33. The Hall–Kier alpha value is -3.74. The first-order chi connectivity index (χ1) is 14.1. The number of aromatic nitrogens is 2. The number of amides is 1. The third-order valence-electron chi connectivity index (χ3n) is 5.52. The van der Waals surface area contributed by atoms with E-state index >= 15 is 0 Å². The molecule has 2 aromatic carbocycles. The first-order valence-electron chi connectivity index (χ1n) is 9.35. The summed E-state index contributed by atoms with van der Waals surface area (Å²) in [7, 11) is 1.65. The van der Waals surface area contributed by atoms with E-state index in [1.807, 2.05) is 42.5 Å². The third-order valence-corrected chi connectivity index (χ3v) is 5.52. The molecular formula is C22H19N5O2. The van der Waals surface area contributed by atoms with Gasteiger partial charge in [0.15, 0.2) is 11.5 Å². The van der Waals surface area contributed by atoms with E-state index in [-0.39, 0.29) is 11.9 Å². The lowest BCUT2D eigenvalue weighted by Gasteiger charge is -2.27. The number of likely N-dealkylation sites (N-methyl/N-ethyl adjacent to an activating group) is 1. The number of benzene rings is 2. The Kier molecular flexibility index (Phi) is 3.84. The molecule has 0 spiro atoms. The van der Waals surface area contributed by atoms with Crippen molar-refractivity contribution in [3.8, 4) is 16.9 Å². The van der Waals surface area contributed by atoms with Crippen molar-refractivity contribution in [3.63, 3.8) is 0 Å². The van der Waals surface area contributed by atoms with Crippen LogP contribution in [0.4, 0.5) is 0 Å². The Morgan fingerprint density at radius 1 is 1.07 bits per heavy atom. The zero-order valence-corrected chi connectivity index (χ0v) is 15.9. The Labute approximate surface area is 167 Å². The smallest absolute Gasteiger partial charge is 0.266 e. The lowest BCUT2D eigenvalue weighted by molar-refractivity contribution is -0.129. The van der Waals surface area contributed by atoms with Gasteiger partial charge in [-0.2, -0.15) is 0 Å². The number of rotatable bonds is 3. The van der Waals surface area contributed by atoms with Crippen LogP contribution in [0.5, 0.6) is 5.75 Å². The molecule has 29 heavy (non-hydrogen) atoms. The maximum absolute atomic E-state index is 13.5. The second kappa shape index (κ2) is 6.41. The Bertz CT molecular complexity index is 1140. The molecule has 0 saturated carbocycles. The summed E-state index contributed by atoms with van der Waals surface area (Å²) in [4.78, 5) is 27.7. The van der Waals surface area contributed by atoms with Crippen LogP contribution >= 0.6 is 0 Å². The van der Waals surface area contributed by atoms with Crippen LogP contribution in [0, 0.1) is 0 Å². The molecule has 3 heterocycles. The second-order valence-electron chi connectivity index (χ2n) is 7.17. The third kappa shape index (κ3) is 2.58. The quantitative estimate of drug-likeness (QED) is 0.745. The van der Waals surface area contributed by atoms with Gasteiger partial charge >= 0.3 is 0 Å². The highest BCUT2D eigenvalue weighted by Crippen LogP contribution is 2.42. The predicted molar refractivity (Wildman–Crippen MR) is 108 cm³/mol. The largest absolute Gasteiger partial charge is 0.493 e. The molecule has 2 aliphatic heterocycles. The van der Waals surface area contributed by atoms with Gasteiger partial charge in [0.1, 0.15) is 12.1 Å². The topological polar surface area (TPSA) is 93.7 Å². The zero-order valence-electron chi connectivity index (χ0n) is 15.9. The van der Waals surface area contributed by atoms with Crippen LogP contribution in [-0.4, -0.2) is 40.4 Å². The molecule has 1 amide bonds. The van der Waals surface area contributed by atoms with Crippen molar-refractivity contribution in [2.45, 2.75) is 12.0 Å². The molecule has 1 unspecified atom stereocenters. The number of nitrogens with zero attached hydrogens (tertiary/aromatic N) is 4. The molecule has 0 saturated heterocycles. The van der Waals surface area contributed by atoms with Crippen molar-refractivity contribution in [1.29, 1.82) is 0 Å². The van der Waals surface area contributed by atoms with Gasteiger partial charge in [-0.25, -0.2) is 15.0 Å². The molecule has 144 valence electrons. The van der Waals surface area contributed by atoms with Crippen molar-refractivity contribution < 1.29 is 9.53 Å². The minimum absolute atomic E-state index is 0.185. The van der Waals surface area contributed by atoms with E-state index in [4.69, 9.17) is 10.5 Å². The minimum Gasteiger partial charge on any atom is -0.493 e. The molecule has 7 nitrogen and oxygen atoms in total. The number of hydrogen-bond acceptors (Lipinski definition) is 6. The van der Waals surface area contributed by atoms with Gasteiger partial charge in [-0.05, 0) is 40.5 Å². The molecule has 5 rings (SSSR count). The summed E-state index contributed by atoms with van der Waals surface area (Å²) < 4.78 is 5.63. The molecule has 0 aliphatic carbocycles. The Morgan fingerprint density at radius 2 is 1.86 bits per heavy atom. The summed E-state index contributed by atoms with van der Waals surface area (Å²) >= 11 is 0. The van der Waals surface area contributed by atoms with E-state index in [1.54, 1.807) is 19.4 Å². The second-order valence-corrected chi connectivity index (χ2v) is 7.17. The minimum atomic E-state index is -1.23. The normalized spacial score (nSPS) is 20.4. The molecule has 1 aromatic heterocycles. The molecule has 0 fully saturated rings. The van der Waals surface area contributed by atoms with Gasteiger partial charge in [0.2, 0.25) is 0 Å². The van der Waals surface area contributed by atoms with E-state index in [0.29, 0.717) is 6.61 Å². The summed E-state index contributed by atoms with van der Waals surface area (Å²) in [5, 5.41) is 0. The van der Waals surface area contributed by atoms with Gasteiger partial charge in [-0.3, -0.25) is 9.69 Å². The van der Waals surface area contributed by atoms with Crippen molar-refractivity contribution >= 4 is 11.9 Å². The molecule has 2 aliphatic rings. The van der Waals surface area contributed by atoms with E-state index in [2.05, 4.69) is 15.0 Å². The summed E-state index contributed by atoms with van der Waals surface area (Å²) in [6, 6.07) is 13.5. The fourth-order valence-electron chi connectivity index (χ4n) is 3.97. The number of guanidine groups is 1. The van der Waals surface area contributed by atoms with Crippen LogP contribution in [-0.2, 0) is 16.8 Å². The van der Waals surface area contributed by atoms with Gasteiger partial charge in [0.25, 0.3) is 5.91 Å². The molecule has 0 bridgehead atoms. The summed E-state index contributed by atoms with van der Waals surface area (Å²) in [5.74, 6) is 0.866. The van der Waals surface area contributed by atoms with Crippen molar-refractivity contribution in [1.82, 2.24) is 14.9 Å². The summed E-state index contributed by atoms with van der Waals surface area (Å²) in [5.41, 5.74) is 9.22. The Morgan fingerprint density at radius 3 is 2.62 bits per heavy atom. The number of aliphatic imine (C=N–C) groups is 1. The lowest BCUT2D eigenvalue weighted by atomic mass is 9.81. The van der Waals surface area contributed by atoms with Gasteiger partial charge in [-0.1, -0.05) is 24.3 Å². The monoisotopic (exact) mass is 385 g/mol. The molecule has 1 atom stereocenters. The Balaban J connectivity index is 1.72. The molecule has 0 radical (unpaired) electrons. The fourth-order valence-corrected chi connectivity index (χ4v) is 3.97. The van der Waals surface area contributed by atoms with Gasteiger partial charge in [0.05, 0.1) is 6.61 Å². The first kappa shape index (κ1) is 17.4. The molecule has 7 heteroatoms. The number of fused-ring (bicyclic) bond motifs is 1. The van der Waals surface area contributed by atoms with Gasteiger partial charge in [0, 0.05) is 31.4 Å². The number of carbonyl (C=O) groups excluding carboxylic acids is 1. The highest BCUT2D eigenvalue weighted by Gasteiger charge is 2.49. The van der Waals surface area contributed by atoms with Crippen LogP contribution in [0.2, 0.25) is 0 Å². The van der Waals surface area contributed by atoms with Crippen LogP contribution in [0.3, 0.4) is 0 Å². The first-order valence-corrected chi connectivity index (χ1v) is 9.35. The van der Waals surface area contributed by atoms with Gasteiger partial charge in [-0.15, -0.1) is 0 Å². The number of carbonyl (C=O) groups is 1. The molecular weight excluding hydrogens is 366 g/mol. The number of ether oxygens (including phenoxy) is 1. The van der Waals surface area contributed by atoms with Crippen molar-refractivity contribution in [3.05, 3.63) is 77.9 Å². The van der Waals surface area contributed by atoms with E-state index in [0.717, 1.165) is 40.0 Å². The summed E-state index contributed by atoms with van der Waals surface area (Å²) in [6.07, 6.45) is 5.78. The van der Waals surface area contributed by atoms with Crippen LogP contribution in [0.25, 0.3) is 11.1 Å². The highest BCUT2D eigenvalue weighted by molar-refractivity contribution is 6.09. The standard InChI is InChI=1S/C22H19N5O2/c1-27-20(28)22(26-21(27)23,18-5-6-19-15(10-18)7-8-29-19)17-4-2-3-14(9-17)16-11-24-13-25-12-16/h2-6,9-13H,7-8H2,1H3,(H2,23,26). The van der Waals surface area contributed by atoms with E-state index in [9.17, 15) is 4.79 Å². The fraction of sp³-hybridized carbons (Fsp3) is 0.182. The highest BCUT2D eigenvalue weighted by atomic mass is 16.5. The van der Waals surface area contributed by atoms with Crippen molar-refractivity contribution in [2.75, 3.05) is 13.7 Å². The van der Waals surface area contributed by atoms with Crippen LogP contribution in [0.1, 0.15) is 16.7 Å². The van der Waals surface area contributed by atoms with E-state index in [1.165, 1.54) is 11.2 Å². The summed E-state index contributed by atoms with van der Waals surface area (Å²) in [6.45, 7) is 0.647. The van der Waals surface area contributed by atoms with Crippen LogP contribution < -0.4 is 10.5 Å². The lowest BCUT2D eigenvalue weighted by Crippen LogP contribution is -2.41. The molecule has 3 aromatic rings. The number of hydrogen-bond donors (Lipinski definition) is 1. The number of nitrogens with two attached hydrogens (primary N) is 1. The van der Waals surface area contributed by atoms with Gasteiger partial charge < -0.3 is 10.5 Å². The SMILES string of the molecule is CN1C(=O)C(c2cccc(-c3cncnc3)c2)(c2ccc3c(c2)CCO3)N=C1N. The average molecular weight is 385 g/mol. The zero-order chi connectivity index (χ0) is 20.0. The maximum Gasteiger partial charge on any atom is 0.266 e.